The van der Waals surface area contributed by atoms with E-state index in [9.17, 15) is 0 Å². The van der Waals surface area contributed by atoms with Crippen molar-refractivity contribution in [1.29, 1.82) is 0 Å². The van der Waals surface area contributed by atoms with Gasteiger partial charge in [-0.25, -0.2) is 0 Å². The lowest BCUT2D eigenvalue weighted by Gasteiger charge is -2.14. The first kappa shape index (κ1) is 14.6. The lowest BCUT2D eigenvalue weighted by molar-refractivity contribution is 0.287. The Bertz CT molecular complexity index is 598. The van der Waals surface area contributed by atoms with Gasteiger partial charge in [0.15, 0.2) is 0 Å². The maximum absolute atomic E-state index is 6.17. The molecule has 116 valence electrons. The van der Waals surface area contributed by atoms with Crippen molar-refractivity contribution in [3.05, 3.63) is 36.4 Å². The van der Waals surface area contributed by atoms with Crippen LogP contribution in [0.1, 0.15) is 25.7 Å². The molecule has 2 aromatic rings. The summed E-state index contributed by atoms with van der Waals surface area (Å²) in [6.45, 7) is 1.44. The second kappa shape index (κ2) is 6.60. The van der Waals surface area contributed by atoms with E-state index in [2.05, 4.69) is 0 Å². The smallest absolute Gasteiger partial charge is 0.121 e. The van der Waals surface area contributed by atoms with Crippen molar-refractivity contribution in [1.82, 2.24) is 0 Å². The predicted molar refractivity (Wildman–Crippen MR) is 90.2 cm³/mol. The number of benzene rings is 2. The first-order chi connectivity index (χ1) is 10.7. The van der Waals surface area contributed by atoms with Crippen LogP contribution in [0.3, 0.4) is 0 Å². The first-order valence-corrected chi connectivity index (χ1v) is 7.79. The molecule has 0 radical (unpaired) electrons. The van der Waals surface area contributed by atoms with Gasteiger partial charge in [-0.05, 0) is 49.9 Å². The zero-order valence-corrected chi connectivity index (χ0v) is 12.7. The SMILES string of the molecule is Nc1cc2ccc1-c1ccc(cc1N)OCCCCCCO2. The molecule has 2 aromatic carbocycles. The van der Waals surface area contributed by atoms with E-state index in [-0.39, 0.29) is 0 Å². The van der Waals surface area contributed by atoms with Crippen LogP contribution < -0.4 is 20.9 Å². The van der Waals surface area contributed by atoms with Crippen LogP contribution in [0.15, 0.2) is 36.4 Å². The molecule has 3 aliphatic rings. The van der Waals surface area contributed by atoms with Gasteiger partial charge in [0.2, 0.25) is 0 Å². The Morgan fingerprint density at radius 3 is 1.50 bits per heavy atom. The van der Waals surface area contributed by atoms with Crippen LogP contribution in [-0.4, -0.2) is 13.2 Å². The molecule has 0 aromatic heterocycles. The standard InChI is InChI=1S/C18H22N2O2/c19-17-11-13-5-7-15(17)16-8-6-14(12-18(16)20)22-10-4-2-1-3-9-21-13/h5-8,11-12H,1-4,9-10,19-20H2. The van der Waals surface area contributed by atoms with E-state index in [1.165, 1.54) is 0 Å². The number of hydrogen-bond acceptors (Lipinski definition) is 4. The molecule has 0 amide bonds. The maximum Gasteiger partial charge on any atom is 0.121 e. The number of hydrogen-bond donors (Lipinski definition) is 2. The minimum atomic E-state index is 0.671. The molecule has 4 N–H and O–H groups in total. The fourth-order valence-corrected chi connectivity index (χ4v) is 2.69. The summed E-state index contributed by atoms with van der Waals surface area (Å²) in [5.41, 5.74) is 15.5. The van der Waals surface area contributed by atoms with Gasteiger partial charge in [-0.1, -0.05) is 0 Å². The molecule has 0 saturated carbocycles. The number of rotatable bonds is 0. The lowest BCUT2D eigenvalue weighted by atomic mass is 10.0. The molecular weight excluding hydrogens is 276 g/mol. The summed E-state index contributed by atoms with van der Waals surface area (Å²) in [6, 6.07) is 11.5. The summed E-state index contributed by atoms with van der Waals surface area (Å²) in [6.07, 6.45) is 4.36. The summed E-state index contributed by atoms with van der Waals surface area (Å²) in [5, 5.41) is 0. The molecule has 4 nitrogen and oxygen atoms in total. The van der Waals surface area contributed by atoms with Crippen LogP contribution >= 0.6 is 0 Å². The van der Waals surface area contributed by atoms with Gasteiger partial charge in [0.25, 0.3) is 0 Å². The van der Waals surface area contributed by atoms with Crippen molar-refractivity contribution < 1.29 is 9.47 Å². The van der Waals surface area contributed by atoms with Crippen LogP contribution in [0.4, 0.5) is 11.4 Å². The molecule has 0 fully saturated rings. The fourth-order valence-electron chi connectivity index (χ4n) is 2.69. The molecule has 3 heterocycles. The highest BCUT2D eigenvalue weighted by atomic mass is 16.5. The second-order valence-electron chi connectivity index (χ2n) is 5.61. The minimum Gasteiger partial charge on any atom is -0.494 e. The van der Waals surface area contributed by atoms with Gasteiger partial charge < -0.3 is 20.9 Å². The lowest BCUT2D eigenvalue weighted by Crippen LogP contribution is -2.02. The van der Waals surface area contributed by atoms with E-state index in [0.717, 1.165) is 61.5 Å². The second-order valence-corrected chi connectivity index (χ2v) is 5.61. The highest BCUT2D eigenvalue weighted by Gasteiger charge is 2.09. The largest absolute Gasteiger partial charge is 0.494 e. The fraction of sp³-hybridized carbons (Fsp3) is 0.333. The van der Waals surface area contributed by atoms with Gasteiger partial charge >= 0.3 is 0 Å². The molecule has 0 saturated heterocycles. The van der Waals surface area contributed by atoms with E-state index in [1.807, 2.05) is 36.4 Å². The zero-order chi connectivity index (χ0) is 15.4. The zero-order valence-electron chi connectivity index (χ0n) is 12.7. The number of anilines is 2. The minimum absolute atomic E-state index is 0.671. The van der Waals surface area contributed by atoms with Crippen molar-refractivity contribution in [3.8, 4) is 22.6 Å². The van der Waals surface area contributed by atoms with Gasteiger partial charge in [0, 0.05) is 34.6 Å². The Labute approximate surface area is 131 Å². The molecule has 5 rings (SSSR count). The van der Waals surface area contributed by atoms with Crippen molar-refractivity contribution >= 4 is 11.4 Å². The topological polar surface area (TPSA) is 70.5 Å². The normalized spacial score (nSPS) is 15.3. The first-order valence-electron chi connectivity index (χ1n) is 7.79. The number of ether oxygens (including phenoxy) is 2. The average molecular weight is 298 g/mol. The Morgan fingerprint density at radius 1 is 0.636 bits per heavy atom. The van der Waals surface area contributed by atoms with Gasteiger partial charge in [-0.3, -0.25) is 0 Å². The van der Waals surface area contributed by atoms with Gasteiger partial charge in [-0.2, -0.15) is 0 Å². The van der Waals surface area contributed by atoms with E-state index in [0.29, 0.717) is 11.4 Å². The van der Waals surface area contributed by atoms with Crippen molar-refractivity contribution in [2.24, 2.45) is 0 Å². The third kappa shape index (κ3) is 3.27. The summed E-state index contributed by atoms with van der Waals surface area (Å²) in [7, 11) is 0. The number of fused-ring (bicyclic) bond motifs is 2. The van der Waals surface area contributed by atoms with E-state index in [1.54, 1.807) is 0 Å². The van der Waals surface area contributed by atoms with E-state index >= 15 is 0 Å². The molecule has 0 aliphatic carbocycles. The van der Waals surface area contributed by atoms with Gasteiger partial charge in [-0.15, -0.1) is 0 Å². The van der Waals surface area contributed by atoms with Gasteiger partial charge in [0.05, 0.1) is 13.2 Å². The van der Waals surface area contributed by atoms with Gasteiger partial charge in [0.1, 0.15) is 11.5 Å². The van der Waals surface area contributed by atoms with E-state index in [4.69, 9.17) is 20.9 Å². The quantitative estimate of drug-likeness (QED) is 0.725. The predicted octanol–water partition coefficient (Wildman–Crippen LogP) is 3.85. The Morgan fingerprint density at radius 2 is 1.09 bits per heavy atom. The monoisotopic (exact) mass is 298 g/mol. The van der Waals surface area contributed by atoms with Crippen molar-refractivity contribution in [2.75, 3.05) is 24.7 Å². The summed E-state index contributed by atoms with van der Waals surface area (Å²) in [5.74, 6) is 1.62. The molecule has 0 atom stereocenters. The molecule has 22 heavy (non-hydrogen) atoms. The van der Waals surface area contributed by atoms with Crippen LogP contribution in [0, 0.1) is 0 Å². The number of nitrogens with two attached hydrogens (primary N) is 2. The molecule has 4 bridgehead atoms. The maximum atomic E-state index is 6.17. The Balaban J connectivity index is 1.96. The summed E-state index contributed by atoms with van der Waals surface area (Å²) in [4.78, 5) is 0. The van der Waals surface area contributed by atoms with Crippen LogP contribution in [0.5, 0.6) is 11.5 Å². The summed E-state index contributed by atoms with van der Waals surface area (Å²) < 4.78 is 11.5. The molecule has 4 heteroatoms. The average Bonchev–Trinajstić information content (AvgIpc) is 2.50. The third-order valence-electron chi connectivity index (χ3n) is 3.91. The highest BCUT2D eigenvalue weighted by molar-refractivity contribution is 5.85. The number of nitrogen functional groups attached to an aromatic ring is 2. The Kier molecular flexibility index (Phi) is 4.37. The highest BCUT2D eigenvalue weighted by Crippen LogP contribution is 2.35. The Hall–Kier alpha value is -2.36. The van der Waals surface area contributed by atoms with Crippen molar-refractivity contribution in [3.63, 3.8) is 0 Å². The third-order valence-corrected chi connectivity index (χ3v) is 3.91. The van der Waals surface area contributed by atoms with Crippen LogP contribution in [-0.2, 0) is 0 Å². The van der Waals surface area contributed by atoms with Crippen LogP contribution in [0.2, 0.25) is 0 Å². The molecular formula is C18H22N2O2. The van der Waals surface area contributed by atoms with E-state index < -0.39 is 0 Å². The molecule has 0 unspecified atom stereocenters. The van der Waals surface area contributed by atoms with Crippen molar-refractivity contribution in [2.45, 2.75) is 25.7 Å². The van der Waals surface area contributed by atoms with Crippen LogP contribution in [0.25, 0.3) is 11.1 Å². The molecule has 0 spiro atoms. The molecule has 3 aliphatic heterocycles. The summed E-state index contributed by atoms with van der Waals surface area (Å²) >= 11 is 0.